The first-order valence-electron chi connectivity index (χ1n) is 4.36. The molecule has 0 aliphatic rings. The van der Waals surface area contributed by atoms with Crippen LogP contribution in [0.3, 0.4) is 0 Å². The van der Waals surface area contributed by atoms with Gasteiger partial charge in [0.25, 0.3) is 0 Å². The fraction of sp³-hybridized carbons (Fsp3) is 1.00. The molecular weight excluding hydrogens is 168 g/mol. The predicted molar refractivity (Wildman–Crippen MR) is 57.7 cm³/mol. The van der Waals surface area contributed by atoms with Crippen LogP contribution < -0.4 is 0 Å². The molecule has 0 amide bonds. The molecule has 0 aromatic rings. The van der Waals surface area contributed by atoms with E-state index in [2.05, 4.69) is 34.6 Å². The highest BCUT2D eigenvalue weighted by Gasteiger charge is 2.35. The minimum atomic E-state index is -0.304. The molecule has 0 heterocycles. The summed E-state index contributed by atoms with van der Waals surface area (Å²) in [6, 6.07) is 0. The van der Waals surface area contributed by atoms with E-state index in [4.69, 9.17) is 4.12 Å². The first-order valence-corrected chi connectivity index (χ1v) is 6.46. The van der Waals surface area contributed by atoms with Crippen LogP contribution in [0, 0.1) is 5.41 Å². The fourth-order valence-electron chi connectivity index (χ4n) is 1.03. The van der Waals surface area contributed by atoms with Crippen LogP contribution in [0.4, 0.5) is 0 Å². The average Bonchev–Trinajstić information content (AvgIpc) is 1.87. The zero-order valence-corrected chi connectivity index (χ0v) is 12.2. The van der Waals surface area contributed by atoms with Crippen LogP contribution in [0.1, 0.15) is 41.0 Å². The molecule has 0 rings (SSSR count). The quantitative estimate of drug-likeness (QED) is 0.601. The summed E-state index contributed by atoms with van der Waals surface area (Å²) < 4.78 is 5.47. The van der Waals surface area contributed by atoms with Gasteiger partial charge >= 0.3 is 0 Å². The molecule has 68 valence electrons. The van der Waals surface area contributed by atoms with Crippen LogP contribution in [0.5, 0.6) is 0 Å². The largest absolute Gasteiger partial charge is 0.468 e. The van der Waals surface area contributed by atoms with Crippen molar-refractivity contribution in [2.24, 2.45) is 5.41 Å². The van der Waals surface area contributed by atoms with Gasteiger partial charge in [-0.15, -0.1) is 0 Å². The summed E-state index contributed by atoms with van der Waals surface area (Å²) in [5, 5.41) is 0.448. The Labute approximate surface area is 76.4 Å². The molecule has 11 heavy (non-hydrogen) atoms. The van der Waals surface area contributed by atoms with E-state index in [-0.39, 0.29) is 9.76 Å². The van der Waals surface area contributed by atoms with Crippen molar-refractivity contribution in [1.29, 1.82) is 0 Å². The van der Waals surface area contributed by atoms with Crippen LogP contribution in [-0.2, 0) is 4.12 Å². The summed E-state index contributed by atoms with van der Waals surface area (Å²) in [6.07, 6.45) is 1.25. The molecular formula is C8H22OSi2. The topological polar surface area (TPSA) is 9.23 Å². The van der Waals surface area contributed by atoms with Crippen molar-refractivity contribution in [3.63, 3.8) is 0 Å². The van der Waals surface area contributed by atoms with E-state index in [0.29, 0.717) is 10.5 Å². The second kappa shape index (κ2) is 3.87. The van der Waals surface area contributed by atoms with Crippen molar-refractivity contribution >= 4 is 20.2 Å². The lowest BCUT2D eigenvalue weighted by Crippen LogP contribution is -2.32. The van der Waals surface area contributed by atoms with Gasteiger partial charge in [-0.2, -0.15) is 0 Å². The van der Waals surface area contributed by atoms with E-state index >= 15 is 0 Å². The molecule has 0 radical (unpaired) electrons. The lowest BCUT2D eigenvalue weighted by molar-refractivity contribution is 0.242. The Hall–Kier alpha value is 0.394. The van der Waals surface area contributed by atoms with Crippen molar-refractivity contribution in [3.8, 4) is 0 Å². The monoisotopic (exact) mass is 190 g/mol. The van der Waals surface area contributed by atoms with Gasteiger partial charge < -0.3 is 4.12 Å². The molecule has 0 aliphatic carbocycles. The van der Waals surface area contributed by atoms with Crippen LogP contribution in [0.15, 0.2) is 0 Å². The predicted octanol–water partition coefficient (Wildman–Crippen LogP) is 1.00. The van der Waals surface area contributed by atoms with E-state index in [1.165, 1.54) is 6.42 Å². The summed E-state index contributed by atoms with van der Waals surface area (Å²) in [7, 11) is 0.614. The molecule has 0 aromatic carbocycles. The molecule has 1 nitrogen and oxygen atoms in total. The zero-order valence-electron chi connectivity index (χ0n) is 8.82. The van der Waals surface area contributed by atoms with E-state index < -0.39 is 0 Å². The minimum Gasteiger partial charge on any atom is -0.468 e. The third-order valence-electron chi connectivity index (χ3n) is 3.22. The molecule has 0 N–H and O–H groups in total. The Morgan fingerprint density at radius 3 is 2.00 bits per heavy atom. The smallest absolute Gasteiger partial charge is 0.151 e. The summed E-state index contributed by atoms with van der Waals surface area (Å²) in [4.78, 5) is 0. The van der Waals surface area contributed by atoms with Gasteiger partial charge in [0.05, 0.1) is 0 Å². The lowest BCUT2D eigenvalue weighted by Gasteiger charge is -2.40. The van der Waals surface area contributed by atoms with Gasteiger partial charge in [-0.1, -0.05) is 41.0 Å². The molecule has 0 saturated heterocycles. The molecule has 0 aliphatic heterocycles. The maximum Gasteiger partial charge on any atom is 0.151 e. The maximum atomic E-state index is 5.47. The third-order valence-corrected chi connectivity index (χ3v) is 6.05. The van der Waals surface area contributed by atoms with Gasteiger partial charge in [0.1, 0.15) is 10.5 Å². The molecule has 0 unspecified atom stereocenters. The Morgan fingerprint density at radius 2 is 1.73 bits per heavy atom. The summed E-state index contributed by atoms with van der Waals surface area (Å²) in [5.74, 6) is 0. The Bertz CT molecular complexity index is 121. The van der Waals surface area contributed by atoms with E-state index in [1.807, 2.05) is 0 Å². The number of hydrogen-bond acceptors (Lipinski definition) is 1. The van der Waals surface area contributed by atoms with Crippen LogP contribution >= 0.6 is 0 Å². The van der Waals surface area contributed by atoms with Crippen molar-refractivity contribution < 1.29 is 4.12 Å². The van der Waals surface area contributed by atoms with Gasteiger partial charge in [-0.05, 0) is 10.5 Å². The molecule has 0 bridgehead atoms. The molecule has 0 saturated carbocycles. The van der Waals surface area contributed by atoms with Gasteiger partial charge in [0, 0.05) is 0 Å². The van der Waals surface area contributed by atoms with Gasteiger partial charge in [-0.3, -0.25) is 0 Å². The number of rotatable bonds is 4. The average molecular weight is 190 g/mol. The molecule has 0 fully saturated rings. The zero-order chi connectivity index (χ0) is 9.12. The highest BCUT2D eigenvalue weighted by atomic mass is 28.3. The Kier molecular flexibility index (Phi) is 4.01. The normalized spacial score (nSPS) is 15.0. The van der Waals surface area contributed by atoms with Crippen LogP contribution in [0.25, 0.3) is 0 Å². The van der Waals surface area contributed by atoms with Crippen molar-refractivity contribution in [2.45, 2.75) is 46.1 Å². The third kappa shape index (κ3) is 2.72. The summed E-state index contributed by atoms with van der Waals surface area (Å²) in [6.45, 7) is 11.7. The highest BCUT2D eigenvalue weighted by Crippen LogP contribution is 2.46. The van der Waals surface area contributed by atoms with Gasteiger partial charge in [-0.25, -0.2) is 0 Å². The first-order chi connectivity index (χ1) is 4.87. The van der Waals surface area contributed by atoms with Crippen molar-refractivity contribution in [1.82, 2.24) is 0 Å². The van der Waals surface area contributed by atoms with E-state index in [1.54, 1.807) is 0 Å². The standard InChI is InChI=1S/C8H22OSi2/c1-6-7(2,3)8(4,5)11-9-10/h6,11H2,1-5,10H3. The molecule has 0 atom stereocenters. The first kappa shape index (κ1) is 11.4. The Balaban J connectivity index is 4.26. The number of hydrogen-bond donors (Lipinski definition) is 0. The van der Waals surface area contributed by atoms with Crippen molar-refractivity contribution in [2.75, 3.05) is 0 Å². The second-order valence-corrected chi connectivity index (χ2v) is 8.92. The second-order valence-electron chi connectivity index (χ2n) is 4.55. The summed E-state index contributed by atoms with van der Waals surface area (Å²) >= 11 is 0. The Morgan fingerprint density at radius 1 is 1.27 bits per heavy atom. The minimum absolute atomic E-state index is 0.304. The van der Waals surface area contributed by atoms with Gasteiger partial charge in [0.15, 0.2) is 9.76 Å². The van der Waals surface area contributed by atoms with Crippen molar-refractivity contribution in [3.05, 3.63) is 0 Å². The molecule has 0 aromatic heterocycles. The van der Waals surface area contributed by atoms with Crippen LogP contribution in [0.2, 0.25) is 5.04 Å². The van der Waals surface area contributed by atoms with E-state index in [9.17, 15) is 0 Å². The van der Waals surface area contributed by atoms with E-state index in [0.717, 1.165) is 10.5 Å². The SMILES string of the molecule is CCC(C)(C)C(C)(C)[SiH2]O[SiH3]. The molecule has 3 heteroatoms. The fourth-order valence-corrected chi connectivity index (χ4v) is 4.56. The highest BCUT2D eigenvalue weighted by molar-refractivity contribution is 6.38. The van der Waals surface area contributed by atoms with Gasteiger partial charge in [0.2, 0.25) is 0 Å². The molecule has 0 spiro atoms. The maximum absolute atomic E-state index is 5.47. The lowest BCUT2D eigenvalue weighted by atomic mass is 9.78. The summed E-state index contributed by atoms with van der Waals surface area (Å²) in [5.41, 5.74) is 0.448. The van der Waals surface area contributed by atoms with Crippen LogP contribution in [-0.4, -0.2) is 20.2 Å².